The lowest BCUT2D eigenvalue weighted by atomic mass is 10.3. The van der Waals surface area contributed by atoms with Crippen molar-refractivity contribution in [3.8, 4) is 0 Å². The minimum Gasteiger partial charge on any atom is -0.371 e. The standard InChI is InChI=1S/C10H13ClF3NOS/c1-2-8(16-4-3-10(12,13)14)9-15-7(5-11)6-17-9/h6,8H,2-5H2,1H3. The van der Waals surface area contributed by atoms with Crippen LogP contribution in [0.1, 0.15) is 36.6 Å². The Hall–Kier alpha value is -0.330. The fraction of sp³-hybridized carbons (Fsp3) is 0.700. The molecule has 0 saturated carbocycles. The number of alkyl halides is 4. The van der Waals surface area contributed by atoms with E-state index < -0.39 is 12.6 Å². The predicted molar refractivity (Wildman–Crippen MR) is 61.3 cm³/mol. The summed E-state index contributed by atoms with van der Waals surface area (Å²) in [7, 11) is 0. The van der Waals surface area contributed by atoms with Gasteiger partial charge in [0.15, 0.2) is 0 Å². The number of hydrogen-bond acceptors (Lipinski definition) is 3. The van der Waals surface area contributed by atoms with Gasteiger partial charge in [0.05, 0.1) is 24.6 Å². The Bertz CT molecular complexity index is 343. The summed E-state index contributed by atoms with van der Waals surface area (Å²) in [5, 5.41) is 2.48. The molecule has 0 aliphatic rings. The summed E-state index contributed by atoms with van der Waals surface area (Å²) in [6.45, 7) is 1.51. The molecule has 1 heterocycles. The van der Waals surface area contributed by atoms with Gasteiger partial charge in [-0.1, -0.05) is 6.92 Å². The molecule has 1 aromatic heterocycles. The lowest BCUT2D eigenvalue weighted by Crippen LogP contribution is -2.13. The summed E-state index contributed by atoms with van der Waals surface area (Å²) in [5.41, 5.74) is 0.726. The van der Waals surface area contributed by atoms with Crippen LogP contribution in [0, 0.1) is 0 Å². The first-order valence-electron chi connectivity index (χ1n) is 5.15. The molecule has 0 aliphatic carbocycles. The molecule has 0 N–H and O–H groups in total. The van der Waals surface area contributed by atoms with Crippen molar-refractivity contribution < 1.29 is 17.9 Å². The van der Waals surface area contributed by atoms with Crippen LogP contribution in [-0.2, 0) is 10.6 Å². The summed E-state index contributed by atoms with van der Waals surface area (Å²) >= 11 is 6.97. The number of rotatable bonds is 6. The van der Waals surface area contributed by atoms with E-state index in [1.54, 1.807) is 5.38 Å². The summed E-state index contributed by atoms with van der Waals surface area (Å²) in [4.78, 5) is 4.20. The monoisotopic (exact) mass is 287 g/mol. The first kappa shape index (κ1) is 14.7. The van der Waals surface area contributed by atoms with Gasteiger partial charge in [-0.15, -0.1) is 22.9 Å². The van der Waals surface area contributed by atoms with Crippen LogP contribution in [0.25, 0.3) is 0 Å². The molecule has 0 bridgehead atoms. The van der Waals surface area contributed by atoms with Crippen molar-refractivity contribution >= 4 is 22.9 Å². The molecule has 17 heavy (non-hydrogen) atoms. The first-order valence-corrected chi connectivity index (χ1v) is 6.56. The maximum Gasteiger partial charge on any atom is 0.391 e. The van der Waals surface area contributed by atoms with Crippen molar-refractivity contribution in [1.82, 2.24) is 4.98 Å². The zero-order chi connectivity index (χ0) is 12.9. The zero-order valence-corrected chi connectivity index (χ0v) is 10.8. The van der Waals surface area contributed by atoms with Crippen molar-refractivity contribution in [2.24, 2.45) is 0 Å². The Kier molecular flexibility index (Phi) is 5.69. The minimum atomic E-state index is -4.18. The first-order chi connectivity index (χ1) is 7.96. The van der Waals surface area contributed by atoms with Crippen LogP contribution < -0.4 is 0 Å². The van der Waals surface area contributed by atoms with Gasteiger partial charge in [-0.3, -0.25) is 0 Å². The van der Waals surface area contributed by atoms with Crippen LogP contribution in [-0.4, -0.2) is 17.8 Å². The van der Waals surface area contributed by atoms with Gasteiger partial charge in [0, 0.05) is 5.38 Å². The van der Waals surface area contributed by atoms with E-state index in [2.05, 4.69) is 4.98 Å². The lowest BCUT2D eigenvalue weighted by molar-refractivity contribution is -0.149. The third-order valence-corrected chi connectivity index (χ3v) is 3.32. The van der Waals surface area contributed by atoms with E-state index in [-0.39, 0.29) is 12.7 Å². The van der Waals surface area contributed by atoms with Crippen LogP contribution in [0.2, 0.25) is 0 Å². The van der Waals surface area contributed by atoms with Gasteiger partial charge in [0.25, 0.3) is 0 Å². The molecule has 1 unspecified atom stereocenters. The van der Waals surface area contributed by atoms with Crippen molar-refractivity contribution in [3.63, 3.8) is 0 Å². The predicted octanol–water partition coefficient (Wildman–Crippen LogP) is 4.30. The van der Waals surface area contributed by atoms with Gasteiger partial charge < -0.3 is 4.74 Å². The van der Waals surface area contributed by atoms with Crippen molar-refractivity contribution in [2.75, 3.05) is 6.61 Å². The normalized spacial score (nSPS) is 13.9. The molecule has 0 saturated heterocycles. The molecule has 0 fully saturated rings. The highest BCUT2D eigenvalue weighted by Gasteiger charge is 2.27. The molecule has 2 nitrogen and oxygen atoms in total. The highest BCUT2D eigenvalue weighted by Crippen LogP contribution is 2.27. The smallest absolute Gasteiger partial charge is 0.371 e. The van der Waals surface area contributed by atoms with E-state index in [0.717, 1.165) is 5.69 Å². The van der Waals surface area contributed by atoms with Gasteiger partial charge in [0.1, 0.15) is 11.1 Å². The van der Waals surface area contributed by atoms with Gasteiger partial charge in [-0.05, 0) is 6.42 Å². The summed E-state index contributed by atoms with van der Waals surface area (Å²) in [5.74, 6) is 0.301. The third kappa shape index (κ3) is 5.23. The Labute approximate surface area is 107 Å². The molecule has 0 radical (unpaired) electrons. The lowest BCUT2D eigenvalue weighted by Gasteiger charge is -2.14. The van der Waals surface area contributed by atoms with Crippen LogP contribution >= 0.6 is 22.9 Å². The quantitative estimate of drug-likeness (QED) is 0.728. The maximum absolute atomic E-state index is 12.0. The summed E-state index contributed by atoms with van der Waals surface area (Å²) in [6.07, 6.45) is -4.90. The molecule has 1 atom stereocenters. The second-order valence-electron chi connectivity index (χ2n) is 3.44. The molecule has 0 spiro atoms. The fourth-order valence-corrected chi connectivity index (χ4v) is 2.39. The Morgan fingerprint density at radius 2 is 2.24 bits per heavy atom. The molecule has 0 aliphatic heterocycles. The summed E-state index contributed by atoms with van der Waals surface area (Å²) in [6, 6.07) is 0. The number of ether oxygens (including phenoxy) is 1. The number of hydrogen-bond donors (Lipinski definition) is 0. The molecule has 1 aromatic rings. The Morgan fingerprint density at radius 3 is 2.71 bits per heavy atom. The van der Waals surface area contributed by atoms with E-state index in [1.165, 1.54) is 11.3 Å². The van der Waals surface area contributed by atoms with Crippen LogP contribution in [0.15, 0.2) is 5.38 Å². The van der Waals surface area contributed by atoms with Crippen molar-refractivity contribution in [3.05, 3.63) is 16.1 Å². The highest BCUT2D eigenvalue weighted by molar-refractivity contribution is 7.09. The summed E-state index contributed by atoms with van der Waals surface area (Å²) < 4.78 is 41.1. The van der Waals surface area contributed by atoms with Crippen LogP contribution in [0.5, 0.6) is 0 Å². The SMILES string of the molecule is CCC(OCCC(F)(F)F)c1nc(CCl)cs1. The maximum atomic E-state index is 12.0. The van der Waals surface area contributed by atoms with Crippen LogP contribution in [0.4, 0.5) is 13.2 Å². The number of halogens is 4. The van der Waals surface area contributed by atoms with Crippen molar-refractivity contribution in [1.29, 1.82) is 0 Å². The number of thiazole rings is 1. The minimum absolute atomic E-state index is 0.301. The molecule has 7 heteroatoms. The second kappa shape index (κ2) is 6.56. The number of aromatic nitrogens is 1. The molecule has 98 valence electrons. The van der Waals surface area contributed by atoms with E-state index in [4.69, 9.17) is 16.3 Å². The highest BCUT2D eigenvalue weighted by atomic mass is 35.5. The Morgan fingerprint density at radius 1 is 1.53 bits per heavy atom. The van der Waals surface area contributed by atoms with E-state index >= 15 is 0 Å². The molecule has 0 aromatic carbocycles. The average Bonchev–Trinajstić information content (AvgIpc) is 2.71. The average molecular weight is 288 g/mol. The van der Waals surface area contributed by atoms with E-state index in [9.17, 15) is 13.2 Å². The third-order valence-electron chi connectivity index (χ3n) is 2.06. The zero-order valence-electron chi connectivity index (χ0n) is 9.26. The van der Waals surface area contributed by atoms with Gasteiger partial charge in [-0.2, -0.15) is 13.2 Å². The second-order valence-corrected chi connectivity index (χ2v) is 4.60. The number of nitrogens with zero attached hydrogens (tertiary/aromatic N) is 1. The largest absolute Gasteiger partial charge is 0.391 e. The molecular weight excluding hydrogens is 275 g/mol. The van der Waals surface area contributed by atoms with Gasteiger partial charge >= 0.3 is 6.18 Å². The van der Waals surface area contributed by atoms with Gasteiger partial charge in [-0.25, -0.2) is 4.98 Å². The molecule has 1 rings (SSSR count). The van der Waals surface area contributed by atoms with E-state index in [0.29, 0.717) is 17.3 Å². The van der Waals surface area contributed by atoms with Crippen LogP contribution in [0.3, 0.4) is 0 Å². The fourth-order valence-electron chi connectivity index (χ4n) is 1.21. The van der Waals surface area contributed by atoms with E-state index in [1.807, 2.05) is 6.92 Å². The van der Waals surface area contributed by atoms with Crippen molar-refractivity contribution in [2.45, 2.75) is 37.9 Å². The Balaban J connectivity index is 2.48. The van der Waals surface area contributed by atoms with Gasteiger partial charge in [0.2, 0.25) is 0 Å². The molecular formula is C10H13ClF3NOS. The topological polar surface area (TPSA) is 22.1 Å². The molecule has 0 amide bonds.